The maximum Gasteiger partial charge on any atom is 0.161 e. The second-order valence-corrected chi connectivity index (χ2v) is 6.11. The van der Waals surface area contributed by atoms with Gasteiger partial charge in [-0.3, -0.25) is 0 Å². The summed E-state index contributed by atoms with van der Waals surface area (Å²) in [6.07, 6.45) is 4.67. The molecule has 0 saturated heterocycles. The van der Waals surface area contributed by atoms with Crippen molar-refractivity contribution in [2.45, 2.75) is 32.4 Å². The highest BCUT2D eigenvalue weighted by molar-refractivity contribution is 6.29. The van der Waals surface area contributed by atoms with Crippen LogP contribution in [0, 0.1) is 0 Å². The van der Waals surface area contributed by atoms with Gasteiger partial charge in [-0.05, 0) is 49.6 Å². The van der Waals surface area contributed by atoms with Gasteiger partial charge in [-0.25, -0.2) is 4.98 Å². The first-order valence-electron chi connectivity index (χ1n) is 8.44. The van der Waals surface area contributed by atoms with Gasteiger partial charge in [0.25, 0.3) is 0 Å². The third kappa shape index (κ3) is 6.90. The van der Waals surface area contributed by atoms with E-state index in [0.717, 1.165) is 43.5 Å². The number of methoxy groups -OCH3 is 1. The fourth-order valence-corrected chi connectivity index (χ4v) is 2.48. The molecule has 0 unspecified atom stereocenters. The van der Waals surface area contributed by atoms with E-state index in [0.29, 0.717) is 23.3 Å². The van der Waals surface area contributed by atoms with Crippen molar-refractivity contribution < 1.29 is 14.6 Å². The van der Waals surface area contributed by atoms with E-state index in [4.69, 9.17) is 26.2 Å². The lowest BCUT2D eigenvalue weighted by Gasteiger charge is -2.13. The van der Waals surface area contributed by atoms with Crippen LogP contribution in [0.2, 0.25) is 5.15 Å². The lowest BCUT2D eigenvalue weighted by atomic mass is 10.2. The zero-order valence-electron chi connectivity index (χ0n) is 14.5. The lowest BCUT2D eigenvalue weighted by Crippen LogP contribution is -2.14. The van der Waals surface area contributed by atoms with Crippen molar-refractivity contribution in [1.82, 2.24) is 10.3 Å². The Morgan fingerprint density at radius 3 is 2.64 bits per heavy atom. The summed E-state index contributed by atoms with van der Waals surface area (Å²) in [5.74, 6) is 1.41. The fourth-order valence-electron chi connectivity index (χ4n) is 2.37. The van der Waals surface area contributed by atoms with E-state index in [-0.39, 0.29) is 6.61 Å². The second-order valence-electron chi connectivity index (χ2n) is 5.72. The Morgan fingerprint density at radius 2 is 1.92 bits per heavy atom. The van der Waals surface area contributed by atoms with Crippen LogP contribution in [0.5, 0.6) is 11.5 Å². The summed E-state index contributed by atoms with van der Waals surface area (Å²) < 4.78 is 11.3. The molecule has 0 fully saturated rings. The summed E-state index contributed by atoms with van der Waals surface area (Å²) in [7, 11) is 1.64. The third-order valence-electron chi connectivity index (χ3n) is 3.75. The standard InChI is InChI=1S/C19H25ClN2O3/c1-24-18-11-15(12-21-9-3-2-4-10-23)5-7-17(18)25-14-16-6-8-19(20)22-13-16/h5-8,11,13,21,23H,2-4,9-10,12,14H2,1H3. The van der Waals surface area contributed by atoms with E-state index in [2.05, 4.69) is 10.3 Å². The number of unbranched alkanes of at least 4 members (excludes halogenated alkanes) is 2. The Bertz CT molecular complexity index is 635. The van der Waals surface area contributed by atoms with Crippen LogP contribution >= 0.6 is 11.6 Å². The van der Waals surface area contributed by atoms with E-state index in [1.807, 2.05) is 24.3 Å². The van der Waals surface area contributed by atoms with Crippen molar-refractivity contribution in [3.05, 3.63) is 52.8 Å². The minimum atomic E-state index is 0.269. The van der Waals surface area contributed by atoms with Crippen molar-refractivity contribution in [3.8, 4) is 11.5 Å². The Labute approximate surface area is 154 Å². The molecule has 2 N–H and O–H groups in total. The van der Waals surface area contributed by atoms with Gasteiger partial charge in [0.1, 0.15) is 11.8 Å². The molecule has 1 heterocycles. The van der Waals surface area contributed by atoms with Gasteiger partial charge in [-0.15, -0.1) is 0 Å². The molecule has 0 atom stereocenters. The molecule has 1 aromatic heterocycles. The molecule has 0 radical (unpaired) electrons. The Balaban J connectivity index is 1.84. The number of aliphatic hydroxyl groups is 1. The molecule has 0 bridgehead atoms. The summed E-state index contributed by atoms with van der Waals surface area (Å²) in [6, 6.07) is 9.56. The summed E-state index contributed by atoms with van der Waals surface area (Å²) >= 11 is 5.78. The van der Waals surface area contributed by atoms with Crippen LogP contribution in [0.25, 0.3) is 0 Å². The Hall–Kier alpha value is -1.82. The van der Waals surface area contributed by atoms with Crippen molar-refractivity contribution in [2.75, 3.05) is 20.3 Å². The smallest absolute Gasteiger partial charge is 0.161 e. The topological polar surface area (TPSA) is 63.6 Å². The van der Waals surface area contributed by atoms with Crippen LogP contribution in [0.3, 0.4) is 0 Å². The zero-order valence-corrected chi connectivity index (χ0v) is 15.3. The van der Waals surface area contributed by atoms with Gasteiger partial charge in [0.15, 0.2) is 11.5 Å². The first kappa shape index (κ1) is 19.5. The molecule has 5 nitrogen and oxygen atoms in total. The number of benzene rings is 1. The molecule has 0 spiro atoms. The predicted molar refractivity (Wildman–Crippen MR) is 99.2 cm³/mol. The monoisotopic (exact) mass is 364 g/mol. The highest BCUT2D eigenvalue weighted by Gasteiger charge is 2.06. The Kier molecular flexibility index (Phi) is 8.52. The number of aliphatic hydroxyl groups excluding tert-OH is 1. The summed E-state index contributed by atoms with van der Waals surface area (Å²) in [6.45, 7) is 2.38. The number of hydrogen-bond acceptors (Lipinski definition) is 5. The lowest BCUT2D eigenvalue weighted by molar-refractivity contribution is 0.282. The molecule has 0 aliphatic carbocycles. The van der Waals surface area contributed by atoms with Crippen LogP contribution in [0.4, 0.5) is 0 Å². The van der Waals surface area contributed by atoms with E-state index in [9.17, 15) is 0 Å². The molecule has 2 rings (SSSR count). The molecule has 0 amide bonds. The summed E-state index contributed by atoms with van der Waals surface area (Å²) in [4.78, 5) is 4.04. The molecule has 0 saturated carbocycles. The molecule has 25 heavy (non-hydrogen) atoms. The largest absolute Gasteiger partial charge is 0.493 e. The average molecular weight is 365 g/mol. The normalized spacial score (nSPS) is 10.7. The first-order chi connectivity index (χ1) is 12.2. The highest BCUT2D eigenvalue weighted by Crippen LogP contribution is 2.28. The number of aromatic nitrogens is 1. The number of ether oxygens (including phenoxy) is 2. The van der Waals surface area contributed by atoms with Gasteiger partial charge < -0.3 is 19.9 Å². The van der Waals surface area contributed by atoms with Gasteiger partial charge in [0.2, 0.25) is 0 Å². The SMILES string of the molecule is COc1cc(CNCCCCCO)ccc1OCc1ccc(Cl)nc1. The van der Waals surface area contributed by atoms with Crippen LogP contribution in [0.15, 0.2) is 36.5 Å². The molecule has 0 aliphatic heterocycles. The van der Waals surface area contributed by atoms with Crippen molar-refractivity contribution in [3.63, 3.8) is 0 Å². The maximum absolute atomic E-state index is 8.76. The number of nitrogens with zero attached hydrogens (tertiary/aromatic N) is 1. The van der Waals surface area contributed by atoms with E-state index >= 15 is 0 Å². The summed E-state index contributed by atoms with van der Waals surface area (Å²) in [5.41, 5.74) is 2.08. The molecular formula is C19H25ClN2O3. The van der Waals surface area contributed by atoms with Crippen LogP contribution in [-0.2, 0) is 13.2 Å². The molecule has 2 aromatic rings. The number of hydrogen-bond donors (Lipinski definition) is 2. The Morgan fingerprint density at radius 1 is 1.08 bits per heavy atom. The number of rotatable bonds is 11. The van der Waals surface area contributed by atoms with E-state index in [1.54, 1.807) is 19.4 Å². The van der Waals surface area contributed by atoms with Gasteiger partial charge in [0.05, 0.1) is 7.11 Å². The first-order valence-corrected chi connectivity index (χ1v) is 8.82. The second kappa shape index (κ2) is 10.9. The van der Waals surface area contributed by atoms with E-state index in [1.165, 1.54) is 0 Å². The molecule has 1 aromatic carbocycles. The van der Waals surface area contributed by atoms with Crippen LogP contribution in [-0.4, -0.2) is 30.4 Å². The van der Waals surface area contributed by atoms with Crippen LogP contribution in [0.1, 0.15) is 30.4 Å². The van der Waals surface area contributed by atoms with Crippen molar-refractivity contribution >= 4 is 11.6 Å². The van der Waals surface area contributed by atoms with Crippen molar-refractivity contribution in [2.24, 2.45) is 0 Å². The maximum atomic E-state index is 8.76. The highest BCUT2D eigenvalue weighted by atomic mass is 35.5. The van der Waals surface area contributed by atoms with Crippen LogP contribution < -0.4 is 14.8 Å². The summed E-state index contributed by atoms with van der Waals surface area (Å²) in [5, 5.41) is 12.6. The number of nitrogens with one attached hydrogen (secondary N) is 1. The minimum absolute atomic E-state index is 0.269. The van der Waals surface area contributed by atoms with E-state index < -0.39 is 0 Å². The van der Waals surface area contributed by atoms with Gasteiger partial charge >= 0.3 is 0 Å². The van der Waals surface area contributed by atoms with Gasteiger partial charge in [-0.2, -0.15) is 0 Å². The third-order valence-corrected chi connectivity index (χ3v) is 3.98. The number of halogens is 1. The molecule has 0 aliphatic rings. The molecule has 6 heteroatoms. The van der Waals surface area contributed by atoms with Gasteiger partial charge in [-0.1, -0.05) is 23.7 Å². The molecule has 136 valence electrons. The average Bonchev–Trinajstić information content (AvgIpc) is 2.64. The number of pyridine rings is 1. The van der Waals surface area contributed by atoms with Gasteiger partial charge in [0, 0.05) is 24.9 Å². The predicted octanol–water partition coefficient (Wildman–Crippen LogP) is 3.57. The fraction of sp³-hybridized carbons (Fsp3) is 0.421. The minimum Gasteiger partial charge on any atom is -0.493 e. The van der Waals surface area contributed by atoms with Crippen molar-refractivity contribution in [1.29, 1.82) is 0 Å². The quantitative estimate of drug-likeness (QED) is 0.471. The molecular weight excluding hydrogens is 340 g/mol. The zero-order chi connectivity index (χ0) is 17.9.